The van der Waals surface area contributed by atoms with Gasteiger partial charge in [0.15, 0.2) is 0 Å². The number of aromatic nitrogens is 1. The van der Waals surface area contributed by atoms with Crippen LogP contribution >= 0.6 is 11.3 Å². The van der Waals surface area contributed by atoms with E-state index in [2.05, 4.69) is 15.2 Å². The number of sulfonamides is 1. The third-order valence-electron chi connectivity index (χ3n) is 4.40. The minimum absolute atomic E-state index is 0.0425. The highest BCUT2D eigenvalue weighted by Crippen LogP contribution is 2.31. The monoisotopic (exact) mass is 455 g/mol. The maximum Gasteiger partial charge on any atom is 0.326 e. The standard InChI is InChI=1S/C19H29N5O4S2/c1-7-28-13-12-23(5)16-10-8-15(9-11-16)21-18(25)24(6)17-14(2)20-19(29-17)30(26,27)22(3)4/h8-11H,7,12-13H2,1-6H3,(H,21,25). The van der Waals surface area contributed by atoms with Gasteiger partial charge < -0.3 is 15.0 Å². The quantitative estimate of drug-likeness (QED) is 0.584. The molecular weight excluding hydrogens is 426 g/mol. The Morgan fingerprint density at radius 2 is 1.80 bits per heavy atom. The average Bonchev–Trinajstić information content (AvgIpc) is 3.10. The van der Waals surface area contributed by atoms with Gasteiger partial charge in [0.05, 0.1) is 12.3 Å². The summed E-state index contributed by atoms with van der Waals surface area (Å²) in [6, 6.07) is 7.09. The number of amides is 2. The summed E-state index contributed by atoms with van der Waals surface area (Å²) in [5, 5.41) is 3.29. The molecule has 9 nitrogen and oxygen atoms in total. The summed E-state index contributed by atoms with van der Waals surface area (Å²) < 4.78 is 31.0. The molecule has 0 fully saturated rings. The molecule has 0 atom stereocenters. The van der Waals surface area contributed by atoms with Gasteiger partial charge in [-0.1, -0.05) is 11.3 Å². The Kier molecular flexibility index (Phi) is 8.18. The third-order valence-corrected chi connectivity index (χ3v) is 7.80. The van der Waals surface area contributed by atoms with Crippen molar-refractivity contribution in [3.63, 3.8) is 0 Å². The van der Waals surface area contributed by atoms with E-state index >= 15 is 0 Å². The smallest absolute Gasteiger partial charge is 0.326 e. The molecule has 1 aromatic carbocycles. The van der Waals surface area contributed by atoms with Crippen molar-refractivity contribution in [3.8, 4) is 0 Å². The Hall–Kier alpha value is -2.21. The highest BCUT2D eigenvalue weighted by molar-refractivity contribution is 7.91. The van der Waals surface area contributed by atoms with Gasteiger partial charge in [0.2, 0.25) is 4.34 Å². The van der Waals surface area contributed by atoms with Crippen LogP contribution in [-0.2, 0) is 14.8 Å². The Bertz CT molecular complexity index is 958. The van der Waals surface area contributed by atoms with E-state index in [1.807, 2.05) is 38.2 Å². The molecule has 166 valence electrons. The van der Waals surface area contributed by atoms with Crippen LogP contribution in [0.5, 0.6) is 0 Å². The molecule has 0 saturated carbocycles. The molecule has 1 N–H and O–H groups in total. The van der Waals surface area contributed by atoms with Crippen molar-refractivity contribution in [3.05, 3.63) is 30.0 Å². The highest BCUT2D eigenvalue weighted by atomic mass is 32.2. The lowest BCUT2D eigenvalue weighted by atomic mass is 10.2. The molecular formula is C19H29N5O4S2. The van der Waals surface area contributed by atoms with E-state index in [1.54, 1.807) is 14.0 Å². The zero-order valence-corrected chi connectivity index (χ0v) is 19.8. The van der Waals surface area contributed by atoms with Crippen molar-refractivity contribution in [1.29, 1.82) is 0 Å². The van der Waals surface area contributed by atoms with Crippen molar-refractivity contribution in [2.24, 2.45) is 0 Å². The SMILES string of the molecule is CCOCCN(C)c1ccc(NC(=O)N(C)c2sc(S(=O)(=O)N(C)C)nc2C)cc1. The number of aryl methyl sites for hydroxylation is 1. The first-order valence-electron chi connectivity index (χ1n) is 9.41. The van der Waals surface area contributed by atoms with E-state index in [0.717, 1.165) is 27.9 Å². The second-order valence-electron chi connectivity index (χ2n) is 6.81. The highest BCUT2D eigenvalue weighted by Gasteiger charge is 2.26. The first-order valence-corrected chi connectivity index (χ1v) is 11.7. The molecule has 0 aliphatic carbocycles. The molecule has 11 heteroatoms. The average molecular weight is 456 g/mol. The normalized spacial score (nSPS) is 11.6. The fourth-order valence-electron chi connectivity index (χ4n) is 2.52. The number of thiazole rings is 1. The summed E-state index contributed by atoms with van der Waals surface area (Å²) in [6.07, 6.45) is 0. The summed E-state index contributed by atoms with van der Waals surface area (Å²) in [4.78, 5) is 20.2. The molecule has 0 unspecified atom stereocenters. The zero-order chi connectivity index (χ0) is 22.5. The minimum atomic E-state index is -3.65. The fraction of sp³-hybridized carbons (Fsp3) is 0.474. The number of carbonyl (C=O) groups excluding carboxylic acids is 1. The molecule has 0 saturated heterocycles. The number of nitrogens with one attached hydrogen (secondary N) is 1. The summed E-state index contributed by atoms with van der Waals surface area (Å²) >= 11 is 0.963. The predicted molar refractivity (Wildman–Crippen MR) is 121 cm³/mol. The van der Waals surface area contributed by atoms with E-state index in [0.29, 0.717) is 29.6 Å². The predicted octanol–water partition coefficient (Wildman–Crippen LogP) is 2.84. The van der Waals surface area contributed by atoms with Crippen LogP contribution in [0.15, 0.2) is 28.6 Å². The van der Waals surface area contributed by atoms with Gasteiger partial charge in [0.1, 0.15) is 5.00 Å². The van der Waals surface area contributed by atoms with E-state index in [1.165, 1.54) is 19.0 Å². The van der Waals surface area contributed by atoms with E-state index in [-0.39, 0.29) is 10.4 Å². The van der Waals surface area contributed by atoms with Crippen LogP contribution in [0, 0.1) is 6.92 Å². The number of hydrogen-bond donors (Lipinski definition) is 1. The van der Waals surface area contributed by atoms with Crippen molar-refractivity contribution in [2.75, 3.05) is 63.1 Å². The van der Waals surface area contributed by atoms with Gasteiger partial charge in [-0.15, -0.1) is 0 Å². The largest absolute Gasteiger partial charge is 0.380 e. The van der Waals surface area contributed by atoms with Crippen LogP contribution < -0.4 is 15.1 Å². The van der Waals surface area contributed by atoms with Crippen molar-refractivity contribution < 1.29 is 17.9 Å². The Labute approximate surface area is 182 Å². The van der Waals surface area contributed by atoms with Gasteiger partial charge in [-0.25, -0.2) is 22.5 Å². The van der Waals surface area contributed by atoms with Gasteiger partial charge in [-0.2, -0.15) is 0 Å². The summed E-state index contributed by atoms with van der Waals surface area (Å²) in [6.45, 7) is 5.75. The Balaban J connectivity index is 2.07. The summed E-state index contributed by atoms with van der Waals surface area (Å²) in [7, 11) is 2.80. The third kappa shape index (κ3) is 5.69. The molecule has 2 aromatic rings. The fourth-order valence-corrected chi connectivity index (χ4v) is 4.95. The Morgan fingerprint density at radius 1 is 1.17 bits per heavy atom. The molecule has 2 rings (SSSR count). The maximum atomic E-state index is 12.7. The van der Waals surface area contributed by atoms with Gasteiger partial charge in [0, 0.05) is 52.7 Å². The van der Waals surface area contributed by atoms with Crippen LogP contribution in [0.4, 0.5) is 21.2 Å². The van der Waals surface area contributed by atoms with Gasteiger partial charge in [-0.05, 0) is 38.1 Å². The topological polar surface area (TPSA) is 95.1 Å². The van der Waals surface area contributed by atoms with Crippen molar-refractivity contribution >= 4 is 43.8 Å². The number of ether oxygens (including phenoxy) is 1. The molecule has 0 aliphatic heterocycles. The molecule has 1 heterocycles. The summed E-state index contributed by atoms with van der Waals surface area (Å²) in [5.41, 5.74) is 2.12. The lowest BCUT2D eigenvalue weighted by molar-refractivity contribution is 0.154. The number of rotatable bonds is 9. The number of nitrogens with zero attached hydrogens (tertiary/aromatic N) is 4. The number of benzene rings is 1. The van der Waals surface area contributed by atoms with Crippen molar-refractivity contribution in [2.45, 2.75) is 18.2 Å². The van der Waals surface area contributed by atoms with E-state index < -0.39 is 10.0 Å². The minimum Gasteiger partial charge on any atom is -0.380 e. The van der Waals surface area contributed by atoms with Crippen LogP contribution in [0.1, 0.15) is 12.6 Å². The van der Waals surface area contributed by atoms with E-state index in [4.69, 9.17) is 4.74 Å². The second-order valence-corrected chi connectivity index (χ2v) is 10.1. The van der Waals surface area contributed by atoms with Crippen LogP contribution in [-0.4, -0.2) is 71.7 Å². The number of carbonyl (C=O) groups is 1. The van der Waals surface area contributed by atoms with Crippen LogP contribution in [0.25, 0.3) is 0 Å². The first-order chi connectivity index (χ1) is 14.1. The van der Waals surface area contributed by atoms with Crippen LogP contribution in [0.3, 0.4) is 0 Å². The zero-order valence-electron chi connectivity index (χ0n) is 18.2. The maximum absolute atomic E-state index is 12.7. The van der Waals surface area contributed by atoms with Gasteiger partial charge in [-0.3, -0.25) is 4.90 Å². The lowest BCUT2D eigenvalue weighted by Gasteiger charge is -2.20. The van der Waals surface area contributed by atoms with Gasteiger partial charge >= 0.3 is 6.03 Å². The number of anilines is 3. The van der Waals surface area contributed by atoms with E-state index in [9.17, 15) is 13.2 Å². The molecule has 0 aliphatic rings. The van der Waals surface area contributed by atoms with Crippen molar-refractivity contribution in [1.82, 2.24) is 9.29 Å². The molecule has 1 aromatic heterocycles. The number of urea groups is 1. The number of hydrogen-bond acceptors (Lipinski definition) is 7. The van der Waals surface area contributed by atoms with Gasteiger partial charge in [0.25, 0.3) is 10.0 Å². The molecule has 0 spiro atoms. The first kappa shape index (κ1) is 24.1. The second kappa shape index (κ2) is 10.2. The molecule has 30 heavy (non-hydrogen) atoms. The lowest BCUT2D eigenvalue weighted by Crippen LogP contribution is -2.31. The molecule has 0 bridgehead atoms. The Morgan fingerprint density at radius 3 is 2.37 bits per heavy atom. The molecule has 2 amide bonds. The number of likely N-dealkylation sites (N-methyl/N-ethyl adjacent to an activating group) is 1. The van der Waals surface area contributed by atoms with Crippen LogP contribution in [0.2, 0.25) is 0 Å². The molecule has 0 radical (unpaired) electrons. The summed E-state index contributed by atoms with van der Waals surface area (Å²) in [5.74, 6) is 0.